The lowest BCUT2D eigenvalue weighted by Crippen LogP contribution is -2.14. The van der Waals surface area contributed by atoms with Crippen molar-refractivity contribution in [3.63, 3.8) is 0 Å². The molecule has 0 atom stereocenters. The summed E-state index contributed by atoms with van der Waals surface area (Å²) in [6.07, 6.45) is 1.03. The van der Waals surface area contributed by atoms with Crippen LogP contribution in [0, 0.1) is 0 Å². The third kappa shape index (κ3) is 5.48. The summed E-state index contributed by atoms with van der Waals surface area (Å²) in [5, 5.41) is 2.93. The number of carbonyl (C=O) groups excluding carboxylic acids is 1. The summed E-state index contributed by atoms with van der Waals surface area (Å²) in [7, 11) is -3.46. The molecule has 0 heterocycles. The van der Waals surface area contributed by atoms with Crippen molar-refractivity contribution < 1.29 is 17.9 Å². The zero-order chi connectivity index (χ0) is 20.1. The van der Waals surface area contributed by atoms with E-state index in [0.717, 1.165) is 6.26 Å². The number of carbonyl (C=O) groups is 1. The van der Waals surface area contributed by atoms with Gasteiger partial charge in [0.1, 0.15) is 11.5 Å². The number of benzene rings is 3. The summed E-state index contributed by atoms with van der Waals surface area (Å²) < 4.78 is 30.7. The highest BCUT2D eigenvalue weighted by Crippen LogP contribution is 2.25. The van der Waals surface area contributed by atoms with Crippen LogP contribution in [0.5, 0.6) is 11.5 Å². The lowest BCUT2D eigenvalue weighted by atomic mass is 10.2. The lowest BCUT2D eigenvalue weighted by molar-refractivity contribution is 0.102. The molecular weight excluding hydrogens is 400 g/mol. The zero-order valence-electron chi connectivity index (χ0n) is 14.8. The molecule has 0 fully saturated rings. The average Bonchev–Trinajstić information content (AvgIpc) is 2.64. The fraction of sp³-hybridized carbons (Fsp3) is 0.0500. The molecule has 0 radical (unpaired) electrons. The predicted molar refractivity (Wildman–Crippen MR) is 111 cm³/mol. The van der Waals surface area contributed by atoms with Crippen LogP contribution in [0.25, 0.3) is 0 Å². The maximum absolute atomic E-state index is 12.5. The van der Waals surface area contributed by atoms with E-state index in [2.05, 4.69) is 10.0 Å². The number of amides is 1. The van der Waals surface area contributed by atoms with Gasteiger partial charge in [-0.3, -0.25) is 9.52 Å². The number of ether oxygens (including phenoxy) is 1. The first kappa shape index (κ1) is 19.7. The van der Waals surface area contributed by atoms with E-state index >= 15 is 0 Å². The van der Waals surface area contributed by atoms with E-state index in [9.17, 15) is 13.2 Å². The van der Waals surface area contributed by atoms with Gasteiger partial charge in [-0.2, -0.15) is 0 Å². The van der Waals surface area contributed by atoms with Crippen molar-refractivity contribution in [1.29, 1.82) is 0 Å². The maximum Gasteiger partial charge on any atom is 0.257 e. The zero-order valence-corrected chi connectivity index (χ0v) is 16.4. The topological polar surface area (TPSA) is 84.5 Å². The number of hydrogen-bond donors (Lipinski definition) is 2. The minimum absolute atomic E-state index is 0.153. The molecule has 0 aliphatic heterocycles. The quantitative estimate of drug-likeness (QED) is 0.607. The number of hydrogen-bond acceptors (Lipinski definition) is 4. The van der Waals surface area contributed by atoms with Gasteiger partial charge in [0.25, 0.3) is 5.91 Å². The third-order valence-electron chi connectivity index (χ3n) is 3.61. The van der Waals surface area contributed by atoms with Crippen molar-refractivity contribution in [2.45, 2.75) is 0 Å². The largest absolute Gasteiger partial charge is 0.457 e. The highest BCUT2D eigenvalue weighted by Gasteiger charge is 2.13. The molecule has 2 N–H and O–H groups in total. The first-order chi connectivity index (χ1) is 13.3. The minimum Gasteiger partial charge on any atom is -0.457 e. The van der Waals surface area contributed by atoms with Crippen molar-refractivity contribution in [1.82, 2.24) is 0 Å². The average molecular weight is 417 g/mol. The molecule has 6 nitrogen and oxygen atoms in total. The van der Waals surface area contributed by atoms with Gasteiger partial charge >= 0.3 is 0 Å². The monoisotopic (exact) mass is 416 g/mol. The molecule has 0 bridgehead atoms. The van der Waals surface area contributed by atoms with Gasteiger partial charge in [-0.25, -0.2) is 8.42 Å². The van der Waals surface area contributed by atoms with E-state index in [0.29, 0.717) is 17.2 Å². The fourth-order valence-electron chi connectivity index (χ4n) is 2.41. The van der Waals surface area contributed by atoms with Crippen LogP contribution in [0.3, 0.4) is 0 Å². The second-order valence-corrected chi connectivity index (χ2v) is 8.12. The van der Waals surface area contributed by atoms with Crippen LogP contribution in [-0.4, -0.2) is 20.6 Å². The highest BCUT2D eigenvalue weighted by atomic mass is 35.5. The Bertz CT molecular complexity index is 1080. The first-order valence-corrected chi connectivity index (χ1v) is 10.5. The van der Waals surface area contributed by atoms with Gasteiger partial charge < -0.3 is 10.1 Å². The maximum atomic E-state index is 12.5. The number of halogens is 1. The van der Waals surface area contributed by atoms with E-state index < -0.39 is 15.9 Å². The number of nitrogens with one attached hydrogen (secondary N) is 2. The van der Waals surface area contributed by atoms with Crippen LogP contribution in [-0.2, 0) is 10.0 Å². The van der Waals surface area contributed by atoms with Crippen LogP contribution in [0.1, 0.15) is 10.4 Å². The molecule has 0 aliphatic carbocycles. The van der Waals surface area contributed by atoms with E-state index in [1.807, 2.05) is 30.3 Å². The standard InChI is InChI=1S/C20H17ClN2O4S/c1-28(25,26)23-15-9-12-19(21)18(13-15)20(24)22-14-7-10-17(11-8-14)27-16-5-3-2-4-6-16/h2-13,23H,1H3,(H,22,24). The molecule has 0 aromatic heterocycles. The van der Waals surface area contributed by atoms with E-state index in [4.69, 9.17) is 16.3 Å². The van der Waals surface area contributed by atoms with Crippen LogP contribution < -0.4 is 14.8 Å². The summed E-state index contributed by atoms with van der Waals surface area (Å²) in [6.45, 7) is 0. The second-order valence-electron chi connectivity index (χ2n) is 5.96. The number of anilines is 2. The number of rotatable bonds is 6. The Morgan fingerprint density at radius 2 is 1.50 bits per heavy atom. The van der Waals surface area contributed by atoms with Gasteiger partial charge in [-0.15, -0.1) is 0 Å². The van der Waals surface area contributed by atoms with Gasteiger partial charge in [-0.05, 0) is 54.6 Å². The van der Waals surface area contributed by atoms with Gasteiger partial charge in [0, 0.05) is 11.4 Å². The lowest BCUT2D eigenvalue weighted by Gasteiger charge is -2.10. The summed E-state index contributed by atoms with van der Waals surface area (Å²) in [6, 6.07) is 20.5. The highest BCUT2D eigenvalue weighted by molar-refractivity contribution is 7.92. The van der Waals surface area contributed by atoms with E-state index in [1.54, 1.807) is 24.3 Å². The second kappa shape index (κ2) is 8.33. The van der Waals surface area contributed by atoms with Crippen LogP contribution in [0.15, 0.2) is 72.8 Å². The van der Waals surface area contributed by atoms with Crippen molar-refractivity contribution in [3.8, 4) is 11.5 Å². The molecule has 0 saturated carbocycles. The summed E-state index contributed by atoms with van der Waals surface area (Å²) in [4.78, 5) is 12.5. The Morgan fingerprint density at radius 1 is 0.893 bits per heavy atom. The number of para-hydroxylation sites is 1. The smallest absolute Gasteiger partial charge is 0.257 e. The first-order valence-electron chi connectivity index (χ1n) is 8.22. The molecule has 8 heteroatoms. The molecule has 0 aliphatic rings. The molecule has 0 unspecified atom stereocenters. The van der Waals surface area contributed by atoms with Gasteiger partial charge in [0.05, 0.1) is 16.8 Å². The predicted octanol–water partition coefficient (Wildman–Crippen LogP) is 4.76. The Labute approximate surface area is 168 Å². The Balaban J connectivity index is 1.71. The molecule has 144 valence electrons. The van der Waals surface area contributed by atoms with Crippen LogP contribution in [0.4, 0.5) is 11.4 Å². The molecule has 28 heavy (non-hydrogen) atoms. The van der Waals surface area contributed by atoms with Crippen LogP contribution in [0.2, 0.25) is 5.02 Å². The minimum atomic E-state index is -3.46. The Morgan fingerprint density at radius 3 is 2.14 bits per heavy atom. The molecule has 3 aromatic carbocycles. The van der Waals surface area contributed by atoms with E-state index in [1.165, 1.54) is 18.2 Å². The van der Waals surface area contributed by atoms with Crippen molar-refractivity contribution in [2.24, 2.45) is 0 Å². The Hall–Kier alpha value is -3.03. The van der Waals surface area contributed by atoms with Gasteiger partial charge in [-0.1, -0.05) is 29.8 Å². The summed E-state index contributed by atoms with van der Waals surface area (Å²) in [5.74, 6) is 0.877. The van der Waals surface area contributed by atoms with Crippen LogP contribution >= 0.6 is 11.6 Å². The molecule has 0 spiro atoms. The number of sulfonamides is 1. The fourth-order valence-corrected chi connectivity index (χ4v) is 3.16. The van der Waals surface area contributed by atoms with Crippen molar-refractivity contribution in [3.05, 3.63) is 83.4 Å². The van der Waals surface area contributed by atoms with E-state index in [-0.39, 0.29) is 16.3 Å². The van der Waals surface area contributed by atoms with Gasteiger partial charge in [0.15, 0.2) is 0 Å². The Kier molecular flexibility index (Phi) is 5.87. The summed E-state index contributed by atoms with van der Waals surface area (Å²) in [5.41, 5.74) is 0.951. The molecular formula is C20H17ClN2O4S. The van der Waals surface area contributed by atoms with Crippen molar-refractivity contribution >= 4 is 38.9 Å². The third-order valence-corrected chi connectivity index (χ3v) is 4.54. The molecule has 3 aromatic rings. The SMILES string of the molecule is CS(=O)(=O)Nc1ccc(Cl)c(C(=O)Nc2ccc(Oc3ccccc3)cc2)c1. The summed E-state index contributed by atoms with van der Waals surface area (Å²) >= 11 is 6.09. The molecule has 1 amide bonds. The van der Waals surface area contributed by atoms with Gasteiger partial charge in [0.2, 0.25) is 10.0 Å². The normalized spacial score (nSPS) is 10.9. The molecule has 0 saturated heterocycles. The molecule has 3 rings (SSSR count). The van der Waals surface area contributed by atoms with Crippen molar-refractivity contribution in [2.75, 3.05) is 16.3 Å².